The number of hydrogen-bond donors (Lipinski definition) is 1. The van der Waals surface area contributed by atoms with Crippen LogP contribution in [0.3, 0.4) is 0 Å². The summed E-state index contributed by atoms with van der Waals surface area (Å²) >= 11 is 0. The van der Waals surface area contributed by atoms with E-state index in [9.17, 15) is 5.11 Å². The molecule has 1 atom stereocenters. The molecule has 122 valence electrons. The molecule has 3 rings (SSSR count). The number of ether oxygens (including phenoxy) is 1. The smallest absolute Gasteiger partial charge is 0.0845 e. The Balaban J connectivity index is 1.71. The summed E-state index contributed by atoms with van der Waals surface area (Å²) in [4.78, 5) is 4.44. The normalized spacial score (nSPS) is 16.9. The van der Waals surface area contributed by atoms with Gasteiger partial charge in [0.1, 0.15) is 0 Å². The summed E-state index contributed by atoms with van der Waals surface area (Å²) < 4.78 is 5.37. The van der Waals surface area contributed by atoms with Crippen molar-refractivity contribution in [3.8, 4) is 0 Å². The molecule has 0 amide bonds. The monoisotopic (exact) mass is 312 g/mol. The summed E-state index contributed by atoms with van der Waals surface area (Å²) in [5, 5.41) is 10.6. The van der Waals surface area contributed by atoms with Crippen LogP contribution in [0, 0.1) is 0 Å². The fourth-order valence-electron chi connectivity index (χ4n) is 2.93. The van der Waals surface area contributed by atoms with Crippen LogP contribution in [0.2, 0.25) is 0 Å². The Hall–Kier alpha value is -1.88. The summed E-state index contributed by atoms with van der Waals surface area (Å²) in [5.41, 5.74) is 2.19. The first-order valence-electron chi connectivity index (χ1n) is 8.19. The van der Waals surface area contributed by atoms with Crippen molar-refractivity contribution in [2.75, 3.05) is 44.3 Å². The number of hydrogen-bond acceptors (Lipinski definition) is 4. The predicted octanol–water partition coefficient (Wildman–Crippen LogP) is 2.52. The fraction of sp³-hybridized carbons (Fsp3) is 0.368. The van der Waals surface area contributed by atoms with Crippen LogP contribution in [0.5, 0.6) is 0 Å². The third-order valence-electron chi connectivity index (χ3n) is 4.10. The Morgan fingerprint density at radius 3 is 1.96 bits per heavy atom. The third kappa shape index (κ3) is 4.55. The van der Waals surface area contributed by atoms with E-state index in [1.807, 2.05) is 36.4 Å². The van der Waals surface area contributed by atoms with Crippen molar-refractivity contribution in [2.24, 2.45) is 0 Å². The topological polar surface area (TPSA) is 35.9 Å². The zero-order chi connectivity index (χ0) is 15.9. The van der Waals surface area contributed by atoms with E-state index in [1.165, 1.54) is 0 Å². The largest absolute Gasteiger partial charge is 0.390 e. The molecule has 2 aromatic rings. The number of para-hydroxylation sites is 2. The highest BCUT2D eigenvalue weighted by Crippen LogP contribution is 2.25. The molecule has 0 radical (unpaired) electrons. The Kier molecular flexibility index (Phi) is 5.64. The van der Waals surface area contributed by atoms with E-state index in [-0.39, 0.29) is 0 Å². The van der Waals surface area contributed by atoms with Crippen LogP contribution in [-0.2, 0) is 4.74 Å². The van der Waals surface area contributed by atoms with Crippen molar-refractivity contribution in [1.82, 2.24) is 4.90 Å². The second-order valence-corrected chi connectivity index (χ2v) is 5.85. The van der Waals surface area contributed by atoms with Gasteiger partial charge in [0, 0.05) is 31.0 Å². The van der Waals surface area contributed by atoms with Crippen molar-refractivity contribution < 1.29 is 9.84 Å². The van der Waals surface area contributed by atoms with E-state index in [0.717, 1.165) is 37.7 Å². The number of aliphatic hydroxyl groups is 1. The Morgan fingerprint density at radius 1 is 0.913 bits per heavy atom. The molecule has 2 aromatic carbocycles. The highest BCUT2D eigenvalue weighted by Gasteiger charge is 2.18. The molecule has 0 aliphatic carbocycles. The lowest BCUT2D eigenvalue weighted by Gasteiger charge is -2.32. The lowest BCUT2D eigenvalue weighted by atomic mass is 10.2. The maximum atomic E-state index is 10.6. The number of nitrogens with zero attached hydrogens (tertiary/aromatic N) is 2. The Morgan fingerprint density at radius 2 is 1.43 bits per heavy atom. The van der Waals surface area contributed by atoms with Crippen molar-refractivity contribution in [3.05, 3.63) is 60.7 Å². The van der Waals surface area contributed by atoms with E-state index in [2.05, 4.69) is 34.1 Å². The molecule has 1 N–H and O–H groups in total. The van der Waals surface area contributed by atoms with Gasteiger partial charge in [-0.15, -0.1) is 0 Å². The van der Waals surface area contributed by atoms with Crippen molar-refractivity contribution in [2.45, 2.75) is 6.10 Å². The van der Waals surface area contributed by atoms with Crippen LogP contribution in [0.4, 0.5) is 11.4 Å². The number of benzene rings is 2. The summed E-state index contributed by atoms with van der Waals surface area (Å²) in [6, 6.07) is 20.4. The lowest BCUT2D eigenvalue weighted by molar-refractivity contribution is 0.0164. The zero-order valence-corrected chi connectivity index (χ0v) is 13.3. The van der Waals surface area contributed by atoms with Gasteiger partial charge in [-0.1, -0.05) is 36.4 Å². The number of anilines is 2. The maximum absolute atomic E-state index is 10.6. The van der Waals surface area contributed by atoms with Crippen molar-refractivity contribution in [1.29, 1.82) is 0 Å². The molecule has 0 unspecified atom stereocenters. The zero-order valence-electron chi connectivity index (χ0n) is 13.3. The molecule has 23 heavy (non-hydrogen) atoms. The second-order valence-electron chi connectivity index (χ2n) is 5.85. The summed E-state index contributed by atoms with van der Waals surface area (Å²) in [5.74, 6) is 0. The summed E-state index contributed by atoms with van der Waals surface area (Å²) in [7, 11) is 0. The van der Waals surface area contributed by atoms with Gasteiger partial charge < -0.3 is 14.7 Å². The molecule has 4 heteroatoms. The molecule has 0 bridgehead atoms. The van der Waals surface area contributed by atoms with Crippen LogP contribution in [0.15, 0.2) is 60.7 Å². The van der Waals surface area contributed by atoms with Gasteiger partial charge in [0.2, 0.25) is 0 Å². The minimum Gasteiger partial charge on any atom is -0.390 e. The molecule has 1 aliphatic rings. The average Bonchev–Trinajstić information content (AvgIpc) is 2.62. The van der Waals surface area contributed by atoms with Gasteiger partial charge in [-0.25, -0.2) is 0 Å². The quantitative estimate of drug-likeness (QED) is 0.889. The number of rotatable bonds is 6. The van der Waals surface area contributed by atoms with E-state index in [4.69, 9.17) is 4.74 Å². The minimum absolute atomic E-state index is 0.409. The Bertz CT molecular complexity index is 531. The number of aliphatic hydroxyl groups excluding tert-OH is 1. The van der Waals surface area contributed by atoms with Gasteiger partial charge in [0.15, 0.2) is 0 Å². The van der Waals surface area contributed by atoms with E-state index in [0.29, 0.717) is 13.1 Å². The first-order valence-corrected chi connectivity index (χ1v) is 8.19. The van der Waals surface area contributed by atoms with Crippen LogP contribution in [-0.4, -0.2) is 55.5 Å². The highest BCUT2D eigenvalue weighted by atomic mass is 16.5. The standard InChI is InChI=1S/C19H24N2O2/c22-19(15-20-11-13-23-14-12-20)16-21(17-7-3-1-4-8-17)18-9-5-2-6-10-18/h1-10,19,22H,11-16H2/t19-/m0/s1. The van der Waals surface area contributed by atoms with Crippen LogP contribution in [0.25, 0.3) is 0 Å². The molecule has 0 saturated carbocycles. The van der Waals surface area contributed by atoms with Gasteiger partial charge in [-0.05, 0) is 24.3 Å². The van der Waals surface area contributed by atoms with Crippen molar-refractivity contribution in [3.63, 3.8) is 0 Å². The average molecular weight is 312 g/mol. The van der Waals surface area contributed by atoms with Gasteiger partial charge in [-0.3, -0.25) is 4.90 Å². The molecular formula is C19H24N2O2. The van der Waals surface area contributed by atoms with Gasteiger partial charge in [0.25, 0.3) is 0 Å². The van der Waals surface area contributed by atoms with Gasteiger partial charge in [-0.2, -0.15) is 0 Å². The highest BCUT2D eigenvalue weighted by molar-refractivity contribution is 5.63. The third-order valence-corrected chi connectivity index (χ3v) is 4.10. The summed E-state index contributed by atoms with van der Waals surface area (Å²) in [6.45, 7) is 4.56. The van der Waals surface area contributed by atoms with E-state index >= 15 is 0 Å². The molecule has 0 aromatic heterocycles. The first-order chi connectivity index (χ1) is 11.3. The molecule has 1 saturated heterocycles. The SMILES string of the molecule is O[C@@H](CN1CCOCC1)CN(c1ccccc1)c1ccccc1. The van der Waals surface area contributed by atoms with Gasteiger partial charge >= 0.3 is 0 Å². The van der Waals surface area contributed by atoms with Gasteiger partial charge in [0.05, 0.1) is 25.9 Å². The van der Waals surface area contributed by atoms with E-state index < -0.39 is 6.10 Å². The molecule has 0 spiro atoms. The molecule has 1 heterocycles. The molecule has 4 nitrogen and oxygen atoms in total. The fourth-order valence-corrected chi connectivity index (χ4v) is 2.93. The van der Waals surface area contributed by atoms with Crippen LogP contribution in [0.1, 0.15) is 0 Å². The van der Waals surface area contributed by atoms with E-state index in [1.54, 1.807) is 0 Å². The minimum atomic E-state index is -0.409. The second kappa shape index (κ2) is 8.11. The van der Waals surface area contributed by atoms with Crippen molar-refractivity contribution >= 4 is 11.4 Å². The maximum Gasteiger partial charge on any atom is 0.0845 e. The number of β-amino-alcohol motifs (C(OH)–C–C–N with tert-alkyl or cyclic N) is 1. The molecular weight excluding hydrogens is 288 g/mol. The number of morpholine rings is 1. The first kappa shape index (κ1) is 16.0. The molecule has 1 fully saturated rings. The summed E-state index contributed by atoms with van der Waals surface area (Å²) in [6.07, 6.45) is -0.409. The van der Waals surface area contributed by atoms with Crippen LogP contribution < -0.4 is 4.90 Å². The van der Waals surface area contributed by atoms with Crippen LogP contribution >= 0.6 is 0 Å². The lowest BCUT2D eigenvalue weighted by Crippen LogP contribution is -2.44. The predicted molar refractivity (Wildman–Crippen MR) is 93.2 cm³/mol. The molecule has 1 aliphatic heterocycles. The Labute approximate surface area is 137 Å².